The quantitative estimate of drug-likeness (QED) is 0.611. The van der Waals surface area contributed by atoms with Crippen molar-refractivity contribution in [3.8, 4) is 0 Å². The van der Waals surface area contributed by atoms with Crippen LogP contribution in [-0.4, -0.2) is 43.4 Å². The standard InChI is InChI=1S/C14H21NO5/c1-5-18-7-8-20-14(17)12-9(3)11(10(4)15-12)13(16)19-6-2/h15H,5-8H2,1-4H3. The van der Waals surface area contributed by atoms with Gasteiger partial charge in [0.15, 0.2) is 0 Å². The first-order valence-corrected chi connectivity index (χ1v) is 6.64. The summed E-state index contributed by atoms with van der Waals surface area (Å²) in [4.78, 5) is 26.6. The molecule has 1 rings (SSSR count). The van der Waals surface area contributed by atoms with Crippen molar-refractivity contribution in [2.75, 3.05) is 26.4 Å². The summed E-state index contributed by atoms with van der Waals surface area (Å²) in [7, 11) is 0. The first kappa shape index (κ1) is 16.2. The third-order valence-corrected chi connectivity index (χ3v) is 2.79. The minimum Gasteiger partial charge on any atom is -0.462 e. The topological polar surface area (TPSA) is 77.6 Å². The van der Waals surface area contributed by atoms with Crippen molar-refractivity contribution in [2.45, 2.75) is 27.7 Å². The minimum atomic E-state index is -0.499. The predicted molar refractivity (Wildman–Crippen MR) is 73.0 cm³/mol. The Morgan fingerprint density at radius 2 is 1.70 bits per heavy atom. The lowest BCUT2D eigenvalue weighted by molar-refractivity contribution is 0.0329. The Kier molecular flexibility index (Phi) is 6.24. The zero-order chi connectivity index (χ0) is 15.1. The summed E-state index contributed by atoms with van der Waals surface area (Å²) in [5, 5.41) is 0. The molecule has 1 N–H and O–H groups in total. The Morgan fingerprint density at radius 1 is 1.00 bits per heavy atom. The second-order valence-electron chi connectivity index (χ2n) is 4.18. The monoisotopic (exact) mass is 283 g/mol. The molecule has 0 spiro atoms. The van der Waals surface area contributed by atoms with Gasteiger partial charge < -0.3 is 19.2 Å². The van der Waals surface area contributed by atoms with Gasteiger partial charge in [-0.3, -0.25) is 0 Å². The molecule has 6 heteroatoms. The Balaban J connectivity index is 2.79. The van der Waals surface area contributed by atoms with Crippen LogP contribution in [0.1, 0.15) is 46.0 Å². The summed E-state index contributed by atoms with van der Waals surface area (Å²) in [6.45, 7) is 8.40. The molecule has 6 nitrogen and oxygen atoms in total. The first-order chi connectivity index (χ1) is 9.52. The summed E-state index contributed by atoms with van der Waals surface area (Å²) in [6.07, 6.45) is 0. The number of nitrogens with one attached hydrogen (secondary N) is 1. The zero-order valence-electron chi connectivity index (χ0n) is 12.4. The number of aromatic nitrogens is 1. The molecular weight excluding hydrogens is 262 g/mol. The van der Waals surface area contributed by atoms with Gasteiger partial charge in [-0.15, -0.1) is 0 Å². The molecule has 1 aromatic heterocycles. The number of hydrogen-bond donors (Lipinski definition) is 1. The smallest absolute Gasteiger partial charge is 0.355 e. The van der Waals surface area contributed by atoms with Crippen LogP contribution in [-0.2, 0) is 14.2 Å². The van der Waals surface area contributed by atoms with Gasteiger partial charge >= 0.3 is 11.9 Å². The first-order valence-electron chi connectivity index (χ1n) is 6.64. The maximum absolute atomic E-state index is 11.9. The number of carbonyl (C=O) groups excluding carboxylic acids is 2. The molecule has 0 radical (unpaired) electrons. The van der Waals surface area contributed by atoms with Crippen molar-refractivity contribution in [3.63, 3.8) is 0 Å². The third kappa shape index (κ3) is 3.84. The van der Waals surface area contributed by atoms with Gasteiger partial charge in [0, 0.05) is 12.3 Å². The predicted octanol–water partition coefficient (Wildman–Crippen LogP) is 2.00. The molecule has 0 saturated carbocycles. The van der Waals surface area contributed by atoms with Crippen LogP contribution in [0.5, 0.6) is 0 Å². The van der Waals surface area contributed by atoms with Crippen molar-refractivity contribution in [3.05, 3.63) is 22.5 Å². The number of ether oxygens (including phenoxy) is 3. The lowest BCUT2D eigenvalue weighted by Crippen LogP contribution is -2.12. The molecule has 0 atom stereocenters. The van der Waals surface area contributed by atoms with Gasteiger partial charge in [-0.05, 0) is 33.3 Å². The van der Waals surface area contributed by atoms with E-state index in [0.29, 0.717) is 30.0 Å². The Hall–Kier alpha value is -1.82. The Labute approximate surface area is 118 Å². The molecule has 0 unspecified atom stereocenters. The molecule has 20 heavy (non-hydrogen) atoms. The van der Waals surface area contributed by atoms with Crippen LogP contribution in [0.3, 0.4) is 0 Å². The van der Waals surface area contributed by atoms with Crippen molar-refractivity contribution in [1.29, 1.82) is 0 Å². The van der Waals surface area contributed by atoms with Gasteiger partial charge in [0.2, 0.25) is 0 Å². The van der Waals surface area contributed by atoms with Crippen molar-refractivity contribution < 1.29 is 23.8 Å². The van der Waals surface area contributed by atoms with Gasteiger partial charge in [0.25, 0.3) is 0 Å². The van der Waals surface area contributed by atoms with E-state index in [1.54, 1.807) is 20.8 Å². The van der Waals surface area contributed by atoms with Gasteiger partial charge in [-0.1, -0.05) is 0 Å². The van der Waals surface area contributed by atoms with Gasteiger partial charge in [0.05, 0.1) is 18.8 Å². The summed E-state index contributed by atoms with van der Waals surface area (Å²) < 4.78 is 15.1. The second kappa shape index (κ2) is 7.69. The third-order valence-electron chi connectivity index (χ3n) is 2.79. The van der Waals surface area contributed by atoms with Crippen LogP contribution in [0.2, 0.25) is 0 Å². The van der Waals surface area contributed by atoms with Gasteiger partial charge in [-0.2, -0.15) is 0 Å². The number of aromatic amines is 1. The molecule has 0 aromatic carbocycles. The molecule has 112 valence electrons. The fourth-order valence-corrected chi connectivity index (χ4v) is 1.87. The number of H-pyrrole nitrogens is 1. The van der Waals surface area contributed by atoms with Gasteiger partial charge in [0.1, 0.15) is 12.3 Å². The molecule has 1 aromatic rings. The number of aryl methyl sites for hydroxylation is 1. The highest BCUT2D eigenvalue weighted by Gasteiger charge is 2.23. The normalized spacial score (nSPS) is 10.4. The summed E-state index contributed by atoms with van der Waals surface area (Å²) >= 11 is 0. The summed E-state index contributed by atoms with van der Waals surface area (Å²) in [5.74, 6) is -0.937. The fourth-order valence-electron chi connectivity index (χ4n) is 1.87. The molecular formula is C14H21NO5. The van der Waals surface area contributed by atoms with E-state index in [4.69, 9.17) is 14.2 Å². The van der Waals surface area contributed by atoms with E-state index < -0.39 is 11.9 Å². The van der Waals surface area contributed by atoms with Crippen LogP contribution in [0.4, 0.5) is 0 Å². The van der Waals surface area contributed by atoms with Crippen LogP contribution in [0.25, 0.3) is 0 Å². The average molecular weight is 283 g/mol. The number of esters is 2. The number of carbonyl (C=O) groups is 2. The highest BCUT2D eigenvalue weighted by atomic mass is 16.6. The lowest BCUT2D eigenvalue weighted by Gasteiger charge is -2.05. The molecule has 0 aliphatic carbocycles. The van der Waals surface area contributed by atoms with Crippen LogP contribution < -0.4 is 0 Å². The minimum absolute atomic E-state index is 0.179. The van der Waals surface area contributed by atoms with Gasteiger partial charge in [-0.25, -0.2) is 9.59 Å². The molecule has 0 fully saturated rings. The van der Waals surface area contributed by atoms with E-state index >= 15 is 0 Å². The molecule has 0 amide bonds. The lowest BCUT2D eigenvalue weighted by atomic mass is 10.1. The van der Waals surface area contributed by atoms with Crippen LogP contribution in [0, 0.1) is 13.8 Å². The molecule has 0 saturated heterocycles. The van der Waals surface area contributed by atoms with Crippen molar-refractivity contribution in [2.24, 2.45) is 0 Å². The molecule has 0 aliphatic rings. The maximum atomic E-state index is 11.9. The molecule has 0 aliphatic heterocycles. The van der Waals surface area contributed by atoms with E-state index in [-0.39, 0.29) is 18.9 Å². The van der Waals surface area contributed by atoms with E-state index in [1.165, 1.54) is 0 Å². The largest absolute Gasteiger partial charge is 0.462 e. The van der Waals surface area contributed by atoms with Crippen LogP contribution in [0.15, 0.2) is 0 Å². The molecule has 0 bridgehead atoms. The average Bonchev–Trinajstić information content (AvgIpc) is 2.70. The number of hydrogen-bond acceptors (Lipinski definition) is 5. The molecule has 1 heterocycles. The highest BCUT2D eigenvalue weighted by molar-refractivity contribution is 5.98. The van der Waals surface area contributed by atoms with E-state index in [2.05, 4.69) is 4.98 Å². The zero-order valence-corrected chi connectivity index (χ0v) is 12.4. The Bertz CT molecular complexity index is 478. The summed E-state index contributed by atoms with van der Waals surface area (Å²) in [6, 6.07) is 0. The van der Waals surface area contributed by atoms with Crippen LogP contribution >= 0.6 is 0 Å². The van der Waals surface area contributed by atoms with E-state index in [0.717, 1.165) is 0 Å². The fraction of sp³-hybridized carbons (Fsp3) is 0.571. The van der Waals surface area contributed by atoms with E-state index in [1.807, 2.05) is 6.92 Å². The number of rotatable bonds is 7. The maximum Gasteiger partial charge on any atom is 0.355 e. The summed E-state index contributed by atoms with van der Waals surface area (Å²) in [5.41, 5.74) is 1.81. The van der Waals surface area contributed by atoms with E-state index in [9.17, 15) is 9.59 Å². The Morgan fingerprint density at radius 3 is 2.30 bits per heavy atom. The van der Waals surface area contributed by atoms with Crippen molar-refractivity contribution >= 4 is 11.9 Å². The highest BCUT2D eigenvalue weighted by Crippen LogP contribution is 2.19. The second-order valence-corrected chi connectivity index (χ2v) is 4.18. The van der Waals surface area contributed by atoms with Crippen molar-refractivity contribution in [1.82, 2.24) is 4.98 Å². The SMILES string of the molecule is CCOCCOC(=O)c1[nH]c(C)c(C(=O)OCC)c1C.